The van der Waals surface area contributed by atoms with Gasteiger partial charge in [-0.1, -0.05) is 0 Å². The Balaban J connectivity index is 3.10. The fraction of sp³-hybridized carbons (Fsp3) is 0.167. The van der Waals surface area contributed by atoms with E-state index in [1.54, 1.807) is 6.07 Å². The summed E-state index contributed by atoms with van der Waals surface area (Å²) in [6.07, 6.45) is 0. The molecule has 0 atom stereocenters. The van der Waals surface area contributed by atoms with E-state index in [4.69, 9.17) is 5.73 Å². The van der Waals surface area contributed by atoms with E-state index in [0.717, 1.165) is 10.2 Å². The standard InChI is InChI=1S/C6H7BrN2O/c1-3-4(7)2-5(9-3)6(8)10/h2,9H,1H3,(H2,8,10). The summed E-state index contributed by atoms with van der Waals surface area (Å²) in [6, 6.07) is 1.66. The van der Waals surface area contributed by atoms with Crippen LogP contribution in [0.25, 0.3) is 0 Å². The highest BCUT2D eigenvalue weighted by atomic mass is 79.9. The van der Waals surface area contributed by atoms with Crippen LogP contribution in [0.2, 0.25) is 0 Å². The number of halogens is 1. The number of H-pyrrole nitrogens is 1. The van der Waals surface area contributed by atoms with Crippen molar-refractivity contribution in [1.29, 1.82) is 0 Å². The van der Waals surface area contributed by atoms with Crippen LogP contribution >= 0.6 is 15.9 Å². The maximum absolute atomic E-state index is 10.5. The molecule has 3 nitrogen and oxygen atoms in total. The number of amides is 1. The van der Waals surface area contributed by atoms with Crippen molar-refractivity contribution in [1.82, 2.24) is 4.98 Å². The Morgan fingerprint density at radius 3 is 2.60 bits per heavy atom. The van der Waals surface area contributed by atoms with Crippen molar-refractivity contribution in [2.45, 2.75) is 6.92 Å². The number of hydrogen-bond donors (Lipinski definition) is 2. The number of nitrogens with two attached hydrogens (primary N) is 1. The molecule has 0 aliphatic rings. The van der Waals surface area contributed by atoms with Crippen molar-refractivity contribution in [2.75, 3.05) is 0 Å². The molecule has 54 valence electrons. The molecule has 4 heteroatoms. The van der Waals surface area contributed by atoms with Crippen LogP contribution in [-0.4, -0.2) is 10.9 Å². The number of rotatable bonds is 1. The summed E-state index contributed by atoms with van der Waals surface area (Å²) in [6.45, 7) is 1.86. The largest absolute Gasteiger partial charge is 0.364 e. The second-order valence-electron chi connectivity index (χ2n) is 2.02. The van der Waals surface area contributed by atoms with E-state index in [9.17, 15) is 4.79 Å². The van der Waals surface area contributed by atoms with Crippen molar-refractivity contribution in [3.63, 3.8) is 0 Å². The zero-order valence-corrected chi connectivity index (χ0v) is 7.03. The third kappa shape index (κ3) is 1.21. The summed E-state index contributed by atoms with van der Waals surface area (Å²) in [5, 5.41) is 0. The van der Waals surface area contributed by atoms with E-state index in [0.29, 0.717) is 5.69 Å². The van der Waals surface area contributed by atoms with Crippen LogP contribution in [0.1, 0.15) is 16.2 Å². The number of hydrogen-bond acceptors (Lipinski definition) is 1. The van der Waals surface area contributed by atoms with Crippen molar-refractivity contribution in [3.8, 4) is 0 Å². The number of primary amides is 1. The molecule has 0 radical (unpaired) electrons. The minimum atomic E-state index is -0.436. The lowest BCUT2D eigenvalue weighted by atomic mass is 10.4. The zero-order chi connectivity index (χ0) is 7.72. The summed E-state index contributed by atoms with van der Waals surface area (Å²) >= 11 is 3.25. The van der Waals surface area contributed by atoms with E-state index in [-0.39, 0.29) is 0 Å². The van der Waals surface area contributed by atoms with Gasteiger partial charge in [0.25, 0.3) is 5.91 Å². The second kappa shape index (κ2) is 2.46. The zero-order valence-electron chi connectivity index (χ0n) is 5.44. The summed E-state index contributed by atoms with van der Waals surface area (Å²) < 4.78 is 0.876. The molecule has 0 spiro atoms. The first kappa shape index (κ1) is 7.34. The van der Waals surface area contributed by atoms with Gasteiger partial charge in [0.05, 0.1) is 0 Å². The summed E-state index contributed by atoms with van der Waals surface area (Å²) in [4.78, 5) is 13.4. The topological polar surface area (TPSA) is 58.9 Å². The SMILES string of the molecule is Cc1[nH]c(C(N)=O)cc1Br. The third-order valence-corrected chi connectivity index (χ3v) is 2.04. The van der Waals surface area contributed by atoms with Crippen molar-refractivity contribution in [3.05, 3.63) is 21.9 Å². The summed E-state index contributed by atoms with van der Waals surface area (Å²) in [7, 11) is 0. The molecule has 0 saturated carbocycles. The molecule has 0 saturated heterocycles. The lowest BCUT2D eigenvalue weighted by Gasteiger charge is -1.84. The Bertz CT molecular complexity index is 247. The van der Waals surface area contributed by atoms with E-state index < -0.39 is 5.91 Å². The number of carbonyl (C=O) groups excluding carboxylic acids is 1. The minimum absolute atomic E-state index is 0.435. The van der Waals surface area contributed by atoms with E-state index in [1.165, 1.54) is 0 Å². The fourth-order valence-corrected chi connectivity index (χ4v) is 0.994. The van der Waals surface area contributed by atoms with Gasteiger partial charge < -0.3 is 10.7 Å². The van der Waals surface area contributed by atoms with E-state index in [1.807, 2.05) is 6.92 Å². The first-order valence-electron chi connectivity index (χ1n) is 2.76. The highest BCUT2D eigenvalue weighted by Gasteiger charge is 2.04. The van der Waals surface area contributed by atoms with Crippen LogP contribution < -0.4 is 5.73 Å². The van der Waals surface area contributed by atoms with Gasteiger partial charge in [-0.25, -0.2) is 0 Å². The number of nitrogens with one attached hydrogen (secondary N) is 1. The van der Waals surface area contributed by atoms with Gasteiger partial charge in [0, 0.05) is 10.2 Å². The van der Waals surface area contributed by atoms with Crippen molar-refractivity contribution in [2.24, 2.45) is 5.73 Å². The lowest BCUT2D eigenvalue weighted by molar-refractivity contribution is 0.0996. The van der Waals surface area contributed by atoms with Crippen LogP contribution in [0.3, 0.4) is 0 Å². The van der Waals surface area contributed by atoms with Crippen LogP contribution in [0.4, 0.5) is 0 Å². The van der Waals surface area contributed by atoms with Gasteiger partial charge in [0.2, 0.25) is 0 Å². The van der Waals surface area contributed by atoms with Gasteiger partial charge in [-0.15, -0.1) is 0 Å². The smallest absolute Gasteiger partial charge is 0.265 e. The summed E-state index contributed by atoms with van der Waals surface area (Å²) in [5.74, 6) is -0.436. The number of aromatic nitrogens is 1. The molecule has 1 heterocycles. The molecule has 1 amide bonds. The number of aryl methyl sites for hydroxylation is 1. The molecule has 0 fully saturated rings. The monoisotopic (exact) mass is 202 g/mol. The average Bonchev–Trinajstić information content (AvgIpc) is 2.13. The van der Waals surface area contributed by atoms with Gasteiger partial charge in [-0.05, 0) is 28.9 Å². The molecular formula is C6H7BrN2O. The maximum Gasteiger partial charge on any atom is 0.265 e. The van der Waals surface area contributed by atoms with Gasteiger partial charge in [0.15, 0.2) is 0 Å². The molecule has 1 rings (SSSR count). The Labute approximate surface area is 66.7 Å². The Morgan fingerprint density at radius 1 is 1.80 bits per heavy atom. The van der Waals surface area contributed by atoms with Gasteiger partial charge in [-0.2, -0.15) is 0 Å². The Kier molecular flexibility index (Phi) is 1.80. The first-order valence-corrected chi connectivity index (χ1v) is 3.55. The second-order valence-corrected chi connectivity index (χ2v) is 2.87. The third-order valence-electron chi connectivity index (χ3n) is 1.22. The van der Waals surface area contributed by atoms with Crippen molar-refractivity contribution >= 4 is 21.8 Å². The fourth-order valence-electron chi connectivity index (χ4n) is 0.666. The molecule has 0 aliphatic carbocycles. The Hall–Kier alpha value is -0.770. The van der Waals surface area contributed by atoms with Gasteiger partial charge in [0.1, 0.15) is 5.69 Å². The normalized spacial score (nSPS) is 9.80. The van der Waals surface area contributed by atoms with Crippen LogP contribution in [0, 0.1) is 6.92 Å². The van der Waals surface area contributed by atoms with Gasteiger partial charge >= 0.3 is 0 Å². The predicted octanol–water partition coefficient (Wildman–Crippen LogP) is 1.18. The van der Waals surface area contributed by atoms with Crippen LogP contribution in [0.15, 0.2) is 10.5 Å². The van der Waals surface area contributed by atoms with E-state index >= 15 is 0 Å². The van der Waals surface area contributed by atoms with E-state index in [2.05, 4.69) is 20.9 Å². The molecule has 0 unspecified atom stereocenters. The molecule has 1 aromatic heterocycles. The van der Waals surface area contributed by atoms with Crippen molar-refractivity contribution < 1.29 is 4.79 Å². The predicted molar refractivity (Wildman–Crippen MR) is 41.7 cm³/mol. The molecule has 0 aliphatic heterocycles. The molecular weight excluding hydrogens is 196 g/mol. The molecule has 0 bridgehead atoms. The molecule has 3 N–H and O–H groups in total. The lowest BCUT2D eigenvalue weighted by Crippen LogP contribution is -2.10. The number of aromatic amines is 1. The highest BCUT2D eigenvalue weighted by molar-refractivity contribution is 9.10. The molecule has 1 aromatic rings. The summed E-state index contributed by atoms with van der Waals surface area (Å²) in [5.41, 5.74) is 6.35. The van der Waals surface area contributed by atoms with Gasteiger partial charge in [-0.3, -0.25) is 4.79 Å². The van der Waals surface area contributed by atoms with Crippen LogP contribution in [-0.2, 0) is 0 Å². The first-order chi connectivity index (χ1) is 4.61. The maximum atomic E-state index is 10.5. The highest BCUT2D eigenvalue weighted by Crippen LogP contribution is 2.15. The number of carbonyl (C=O) groups is 1. The molecule has 10 heavy (non-hydrogen) atoms. The minimum Gasteiger partial charge on any atom is -0.364 e. The molecule has 0 aromatic carbocycles. The quantitative estimate of drug-likeness (QED) is 0.707. The van der Waals surface area contributed by atoms with Crippen LogP contribution in [0.5, 0.6) is 0 Å². The Morgan fingerprint density at radius 2 is 2.40 bits per heavy atom. The average molecular weight is 203 g/mol.